The number of hydrogen-bond acceptors (Lipinski definition) is 4. The molecule has 0 aliphatic carbocycles. The molecule has 6 rings (SSSR count). The SMILES string of the molecule is O=C(c1nc(-c2ccccc2)sc1[P+](c1ccccc1)(c1ccccc1)c1ccccc1)N1CCOCC1. The van der Waals surface area contributed by atoms with Crippen molar-refractivity contribution in [3.63, 3.8) is 0 Å². The fourth-order valence-corrected chi connectivity index (χ4v) is 11.5. The number of amides is 1. The fraction of sp³-hybridized carbons (Fsp3) is 0.125. The minimum absolute atomic E-state index is 0.0195. The van der Waals surface area contributed by atoms with Crippen molar-refractivity contribution in [1.82, 2.24) is 9.88 Å². The zero-order valence-corrected chi connectivity index (χ0v) is 22.7. The number of morpholine rings is 1. The number of carbonyl (C=O) groups is 1. The molecule has 0 bridgehead atoms. The summed E-state index contributed by atoms with van der Waals surface area (Å²) in [5.41, 5.74) is 1.58. The lowest BCUT2D eigenvalue weighted by atomic mass is 10.2. The van der Waals surface area contributed by atoms with Crippen molar-refractivity contribution in [3.8, 4) is 10.6 Å². The number of thiazole rings is 1. The van der Waals surface area contributed by atoms with E-state index in [-0.39, 0.29) is 5.91 Å². The molecule has 38 heavy (non-hydrogen) atoms. The number of aromatic nitrogens is 1. The maximum Gasteiger partial charge on any atom is 0.277 e. The van der Waals surface area contributed by atoms with Crippen molar-refractivity contribution in [3.05, 3.63) is 127 Å². The molecule has 0 unspecified atom stereocenters. The Morgan fingerprint density at radius 2 is 1.13 bits per heavy atom. The molecule has 5 aromatic rings. The average molecular weight is 536 g/mol. The van der Waals surface area contributed by atoms with Crippen LogP contribution in [0, 0.1) is 0 Å². The van der Waals surface area contributed by atoms with Crippen LogP contribution in [0.5, 0.6) is 0 Å². The van der Waals surface area contributed by atoms with Gasteiger partial charge in [0.15, 0.2) is 17.6 Å². The second-order valence-corrected chi connectivity index (χ2v) is 13.8. The molecule has 2 heterocycles. The third-order valence-electron chi connectivity index (χ3n) is 6.87. The Morgan fingerprint density at radius 1 is 0.684 bits per heavy atom. The number of nitrogens with zero attached hydrogens (tertiary/aromatic N) is 2. The summed E-state index contributed by atoms with van der Waals surface area (Å²) in [5, 5.41) is 4.48. The predicted octanol–water partition coefficient (Wildman–Crippen LogP) is 4.90. The van der Waals surface area contributed by atoms with Crippen molar-refractivity contribution in [2.45, 2.75) is 0 Å². The van der Waals surface area contributed by atoms with Gasteiger partial charge in [-0.3, -0.25) is 4.79 Å². The van der Waals surface area contributed by atoms with E-state index in [0.717, 1.165) is 15.2 Å². The first kappa shape index (κ1) is 24.7. The smallest absolute Gasteiger partial charge is 0.277 e. The van der Waals surface area contributed by atoms with Crippen LogP contribution in [0.1, 0.15) is 10.5 Å². The quantitative estimate of drug-likeness (QED) is 0.291. The summed E-state index contributed by atoms with van der Waals surface area (Å²) in [6.45, 7) is 2.24. The molecule has 4 aromatic carbocycles. The number of hydrogen-bond donors (Lipinski definition) is 0. The first-order valence-electron chi connectivity index (χ1n) is 12.8. The standard InChI is InChI=1S/C32H28N2O2PS/c35-31(34-21-23-36-24-22-34)29-32(38-30(33-29)25-13-5-1-6-14-25)37(26-15-7-2-8-16-26,27-17-9-3-10-18-27)28-19-11-4-12-20-28/h1-20H,21-24H2/q+1. The normalized spacial score (nSPS) is 13.8. The molecule has 1 fully saturated rings. The first-order chi connectivity index (χ1) is 18.8. The molecule has 1 aliphatic heterocycles. The summed E-state index contributed by atoms with van der Waals surface area (Å²) in [6, 6.07) is 42.2. The van der Waals surface area contributed by atoms with Crippen LogP contribution in [0.2, 0.25) is 0 Å². The molecule has 0 N–H and O–H groups in total. The van der Waals surface area contributed by atoms with Gasteiger partial charge in [-0.05, 0) is 36.4 Å². The van der Waals surface area contributed by atoms with Crippen LogP contribution in [0.4, 0.5) is 0 Å². The highest BCUT2D eigenvalue weighted by atomic mass is 32.1. The molecule has 1 saturated heterocycles. The number of carbonyl (C=O) groups excluding carboxylic acids is 1. The van der Waals surface area contributed by atoms with Crippen molar-refractivity contribution < 1.29 is 9.53 Å². The Kier molecular flexibility index (Phi) is 7.15. The van der Waals surface area contributed by atoms with E-state index < -0.39 is 7.26 Å². The fourth-order valence-electron chi connectivity index (χ4n) is 5.05. The molecule has 1 amide bonds. The van der Waals surface area contributed by atoms with E-state index in [2.05, 4.69) is 103 Å². The molecule has 188 valence electrons. The van der Waals surface area contributed by atoms with Gasteiger partial charge in [0.2, 0.25) is 0 Å². The van der Waals surface area contributed by atoms with E-state index in [1.807, 2.05) is 23.1 Å². The van der Waals surface area contributed by atoms with Crippen molar-refractivity contribution in [2.75, 3.05) is 26.3 Å². The zero-order valence-electron chi connectivity index (χ0n) is 20.9. The Balaban J connectivity index is 1.69. The lowest BCUT2D eigenvalue weighted by molar-refractivity contribution is 0.0300. The van der Waals surface area contributed by atoms with Gasteiger partial charge < -0.3 is 9.64 Å². The molecule has 4 nitrogen and oxygen atoms in total. The average Bonchev–Trinajstić information content (AvgIpc) is 3.45. The molecule has 1 aliphatic rings. The third-order valence-corrected chi connectivity index (χ3v) is 12.9. The van der Waals surface area contributed by atoms with Gasteiger partial charge in [-0.1, -0.05) is 96.3 Å². The second kappa shape index (κ2) is 11.0. The van der Waals surface area contributed by atoms with Gasteiger partial charge in [0.1, 0.15) is 20.9 Å². The largest absolute Gasteiger partial charge is 0.378 e. The summed E-state index contributed by atoms with van der Waals surface area (Å²) >= 11 is 1.66. The Morgan fingerprint density at radius 3 is 1.61 bits per heavy atom. The molecule has 0 atom stereocenters. The van der Waals surface area contributed by atoms with Crippen LogP contribution >= 0.6 is 18.6 Å². The molecule has 6 heteroatoms. The summed E-state index contributed by atoms with van der Waals surface area (Å²) in [6.07, 6.45) is 0. The number of benzene rings is 4. The van der Waals surface area contributed by atoms with E-state index in [0.29, 0.717) is 32.0 Å². The number of ether oxygens (including phenoxy) is 1. The van der Waals surface area contributed by atoms with Crippen LogP contribution in [0.3, 0.4) is 0 Å². The van der Waals surface area contributed by atoms with E-state index in [4.69, 9.17) is 9.72 Å². The molecule has 1 aromatic heterocycles. The monoisotopic (exact) mass is 535 g/mol. The minimum Gasteiger partial charge on any atom is -0.378 e. The summed E-state index contributed by atoms with van der Waals surface area (Å²) in [4.78, 5) is 21.2. The molecule has 0 spiro atoms. The van der Waals surface area contributed by atoms with Crippen LogP contribution in [-0.4, -0.2) is 42.1 Å². The van der Waals surface area contributed by atoms with Crippen molar-refractivity contribution >= 4 is 45.0 Å². The summed E-state index contributed by atoms with van der Waals surface area (Å²) < 4.78 is 6.60. The molecular weight excluding hydrogens is 507 g/mol. The van der Waals surface area contributed by atoms with Gasteiger partial charge in [0.05, 0.1) is 13.2 Å². The van der Waals surface area contributed by atoms with E-state index >= 15 is 0 Å². The van der Waals surface area contributed by atoms with Crippen molar-refractivity contribution in [2.24, 2.45) is 0 Å². The third kappa shape index (κ3) is 4.48. The topological polar surface area (TPSA) is 42.4 Å². The maximum absolute atomic E-state index is 14.2. The van der Waals surface area contributed by atoms with Gasteiger partial charge in [-0.2, -0.15) is 0 Å². The summed E-state index contributed by atoms with van der Waals surface area (Å²) in [7, 11) is -2.47. The van der Waals surface area contributed by atoms with E-state index in [1.54, 1.807) is 11.3 Å². The maximum atomic E-state index is 14.2. The first-order valence-corrected chi connectivity index (χ1v) is 15.4. The van der Waals surface area contributed by atoms with Crippen LogP contribution in [0.15, 0.2) is 121 Å². The van der Waals surface area contributed by atoms with Gasteiger partial charge >= 0.3 is 0 Å². The number of rotatable bonds is 6. The van der Waals surface area contributed by atoms with Gasteiger partial charge in [0.25, 0.3) is 5.91 Å². The van der Waals surface area contributed by atoms with Gasteiger partial charge in [-0.15, -0.1) is 0 Å². The Hall–Kier alpha value is -3.63. The van der Waals surface area contributed by atoms with Crippen LogP contribution in [-0.2, 0) is 4.74 Å². The Labute approximate surface area is 227 Å². The van der Waals surface area contributed by atoms with E-state index in [9.17, 15) is 4.79 Å². The minimum atomic E-state index is -2.47. The molecule has 0 radical (unpaired) electrons. The van der Waals surface area contributed by atoms with Gasteiger partial charge in [-0.25, -0.2) is 4.98 Å². The lowest BCUT2D eigenvalue weighted by Gasteiger charge is -2.29. The van der Waals surface area contributed by atoms with Gasteiger partial charge in [0, 0.05) is 18.7 Å². The van der Waals surface area contributed by atoms with Crippen molar-refractivity contribution in [1.29, 1.82) is 0 Å². The highest BCUT2D eigenvalue weighted by Gasteiger charge is 2.52. The van der Waals surface area contributed by atoms with Crippen LogP contribution in [0.25, 0.3) is 10.6 Å². The highest BCUT2D eigenvalue weighted by molar-refractivity contribution is 8.04. The molecule has 0 saturated carbocycles. The van der Waals surface area contributed by atoms with E-state index in [1.165, 1.54) is 15.9 Å². The van der Waals surface area contributed by atoms with Crippen LogP contribution < -0.4 is 20.5 Å². The summed E-state index contributed by atoms with van der Waals surface area (Å²) in [5.74, 6) is -0.0195. The predicted molar refractivity (Wildman–Crippen MR) is 159 cm³/mol. The molecular formula is C32H28N2O2PS+. The zero-order chi connectivity index (χ0) is 25.8. The highest BCUT2D eigenvalue weighted by Crippen LogP contribution is 2.56. The lowest BCUT2D eigenvalue weighted by Crippen LogP contribution is -2.44. The second-order valence-electron chi connectivity index (χ2n) is 9.12. The Bertz CT molecular complexity index is 1410.